The van der Waals surface area contributed by atoms with E-state index in [0.717, 1.165) is 0 Å². The Labute approximate surface area is 86.5 Å². The highest BCUT2D eigenvalue weighted by molar-refractivity contribution is 7.90. The van der Waals surface area contributed by atoms with Crippen LogP contribution < -0.4 is 4.72 Å². The first-order valence-electron chi connectivity index (χ1n) is 4.19. The molecule has 0 atom stereocenters. The van der Waals surface area contributed by atoms with Crippen molar-refractivity contribution in [2.75, 3.05) is 13.2 Å². The van der Waals surface area contributed by atoms with E-state index in [-0.39, 0.29) is 19.6 Å². The molecule has 8 heteroatoms. The number of rotatable bonds is 5. The maximum atomic E-state index is 11.9. The summed E-state index contributed by atoms with van der Waals surface area (Å²) in [6.45, 7) is 2.54. The average molecular weight is 249 g/mol. The van der Waals surface area contributed by atoms with E-state index < -0.39 is 20.9 Å². The molecule has 0 saturated heterocycles. The van der Waals surface area contributed by atoms with Gasteiger partial charge in [-0.15, -0.1) is 0 Å². The summed E-state index contributed by atoms with van der Waals surface area (Å²) in [5, 5.41) is 8.59. The largest absolute Gasteiger partial charge is 0.511 e. The second kappa shape index (κ2) is 4.67. The smallest absolute Gasteiger partial charge is 0.396 e. The lowest BCUT2D eigenvalue weighted by Crippen LogP contribution is -2.41. The van der Waals surface area contributed by atoms with Crippen LogP contribution in [0.25, 0.3) is 0 Å². The topological polar surface area (TPSA) is 66.4 Å². The van der Waals surface area contributed by atoms with Gasteiger partial charge in [-0.05, 0) is 11.8 Å². The summed E-state index contributed by atoms with van der Waals surface area (Å²) in [6.07, 6.45) is 0.216. The molecule has 92 valence electrons. The molecule has 0 amide bonds. The van der Waals surface area contributed by atoms with E-state index in [1.807, 2.05) is 0 Å². The Balaban J connectivity index is 4.41. The monoisotopic (exact) mass is 249 g/mol. The van der Waals surface area contributed by atoms with Crippen LogP contribution in [0, 0.1) is 5.41 Å². The lowest BCUT2D eigenvalue weighted by atomic mass is 9.90. The fourth-order valence-electron chi connectivity index (χ4n) is 0.763. The number of aliphatic hydroxyl groups is 1. The second-order valence-electron chi connectivity index (χ2n) is 3.91. The Morgan fingerprint density at radius 3 is 2.07 bits per heavy atom. The first-order valence-corrected chi connectivity index (χ1v) is 5.67. The maximum absolute atomic E-state index is 11.9. The fraction of sp³-hybridized carbons (Fsp3) is 1.00. The Morgan fingerprint density at radius 2 is 1.73 bits per heavy atom. The van der Waals surface area contributed by atoms with Crippen molar-refractivity contribution < 1.29 is 26.7 Å². The molecule has 0 aromatic rings. The van der Waals surface area contributed by atoms with Gasteiger partial charge in [0.05, 0.1) is 0 Å². The number of alkyl halides is 3. The van der Waals surface area contributed by atoms with Crippen LogP contribution in [0.4, 0.5) is 13.2 Å². The Bertz CT molecular complexity index is 297. The zero-order valence-electron chi connectivity index (χ0n) is 8.43. The zero-order valence-corrected chi connectivity index (χ0v) is 9.24. The first-order chi connectivity index (χ1) is 6.52. The molecule has 0 radical (unpaired) electrons. The minimum absolute atomic E-state index is 0.208. The van der Waals surface area contributed by atoms with Crippen molar-refractivity contribution >= 4 is 10.0 Å². The third-order valence-electron chi connectivity index (χ3n) is 1.83. The van der Waals surface area contributed by atoms with Crippen LogP contribution in [0.3, 0.4) is 0 Å². The number of nitrogens with one attached hydrogen (secondary N) is 1. The fourth-order valence-corrected chi connectivity index (χ4v) is 1.51. The van der Waals surface area contributed by atoms with Crippen LogP contribution in [0.15, 0.2) is 0 Å². The molecule has 0 bridgehead atoms. The van der Waals surface area contributed by atoms with Crippen molar-refractivity contribution in [3.63, 3.8) is 0 Å². The number of halogens is 3. The molecular weight excluding hydrogens is 235 g/mol. The zero-order chi connectivity index (χ0) is 12.3. The van der Waals surface area contributed by atoms with Crippen LogP contribution in [0.1, 0.15) is 20.3 Å². The summed E-state index contributed by atoms with van der Waals surface area (Å²) >= 11 is 0. The van der Waals surface area contributed by atoms with Crippen molar-refractivity contribution in [3.05, 3.63) is 0 Å². The summed E-state index contributed by atoms with van der Waals surface area (Å²) in [5.41, 5.74) is -6.00. The van der Waals surface area contributed by atoms with Gasteiger partial charge in [0, 0.05) is 13.2 Å². The van der Waals surface area contributed by atoms with Gasteiger partial charge in [-0.1, -0.05) is 13.8 Å². The molecule has 0 heterocycles. The minimum Gasteiger partial charge on any atom is -0.396 e. The van der Waals surface area contributed by atoms with Crippen molar-refractivity contribution in [1.29, 1.82) is 0 Å². The quantitative estimate of drug-likeness (QED) is 0.758. The van der Waals surface area contributed by atoms with Gasteiger partial charge in [0.2, 0.25) is 0 Å². The number of sulfonamides is 1. The average Bonchev–Trinajstić information content (AvgIpc) is 1.99. The molecule has 0 unspecified atom stereocenters. The predicted molar refractivity (Wildman–Crippen MR) is 48.5 cm³/mol. The van der Waals surface area contributed by atoms with Crippen molar-refractivity contribution in [2.45, 2.75) is 25.8 Å². The van der Waals surface area contributed by atoms with Gasteiger partial charge >= 0.3 is 15.5 Å². The van der Waals surface area contributed by atoms with Gasteiger partial charge in [0.15, 0.2) is 0 Å². The van der Waals surface area contributed by atoms with E-state index in [1.54, 1.807) is 13.8 Å². The lowest BCUT2D eigenvalue weighted by Gasteiger charge is -2.23. The van der Waals surface area contributed by atoms with Crippen molar-refractivity contribution in [1.82, 2.24) is 4.72 Å². The van der Waals surface area contributed by atoms with E-state index in [1.165, 1.54) is 4.72 Å². The molecule has 4 nitrogen and oxygen atoms in total. The molecule has 0 aliphatic carbocycles. The summed E-state index contributed by atoms with van der Waals surface area (Å²) in [6, 6.07) is 0. The predicted octanol–water partition coefficient (Wildman–Crippen LogP) is 0.834. The molecule has 0 spiro atoms. The van der Waals surface area contributed by atoms with Gasteiger partial charge in [0.25, 0.3) is 0 Å². The second-order valence-corrected chi connectivity index (χ2v) is 5.67. The maximum Gasteiger partial charge on any atom is 0.511 e. The van der Waals surface area contributed by atoms with E-state index in [4.69, 9.17) is 5.11 Å². The summed E-state index contributed by atoms with van der Waals surface area (Å²) in [4.78, 5) is 0. The van der Waals surface area contributed by atoms with E-state index >= 15 is 0 Å². The number of hydrogen-bond acceptors (Lipinski definition) is 3. The Hall–Kier alpha value is -0.340. The van der Waals surface area contributed by atoms with E-state index in [2.05, 4.69) is 0 Å². The van der Waals surface area contributed by atoms with Gasteiger partial charge in [-0.25, -0.2) is 13.1 Å². The van der Waals surface area contributed by atoms with E-state index in [0.29, 0.717) is 0 Å². The molecule has 0 aromatic heterocycles. The van der Waals surface area contributed by atoms with Crippen LogP contribution in [-0.4, -0.2) is 32.2 Å². The van der Waals surface area contributed by atoms with Gasteiger partial charge in [-0.2, -0.15) is 13.2 Å². The van der Waals surface area contributed by atoms with Crippen molar-refractivity contribution in [3.8, 4) is 0 Å². The van der Waals surface area contributed by atoms with Crippen LogP contribution in [0.5, 0.6) is 0 Å². The van der Waals surface area contributed by atoms with Gasteiger partial charge in [0.1, 0.15) is 0 Å². The molecule has 0 saturated carbocycles. The Kier molecular flexibility index (Phi) is 4.56. The molecule has 0 rings (SSSR count). The number of hydrogen-bond donors (Lipinski definition) is 2. The minimum atomic E-state index is -5.29. The Morgan fingerprint density at radius 1 is 1.27 bits per heavy atom. The van der Waals surface area contributed by atoms with Crippen LogP contribution in [0.2, 0.25) is 0 Å². The van der Waals surface area contributed by atoms with E-state index in [9.17, 15) is 21.6 Å². The van der Waals surface area contributed by atoms with Crippen LogP contribution in [-0.2, 0) is 10.0 Å². The molecule has 15 heavy (non-hydrogen) atoms. The molecule has 0 fully saturated rings. The highest BCUT2D eigenvalue weighted by atomic mass is 32.2. The summed E-state index contributed by atoms with van der Waals surface area (Å²) in [7, 11) is -5.28. The molecule has 0 aliphatic heterocycles. The van der Waals surface area contributed by atoms with Crippen LogP contribution >= 0.6 is 0 Å². The SMILES string of the molecule is CC(C)(CCO)CNS(=O)(=O)C(F)(F)F. The summed E-state index contributed by atoms with van der Waals surface area (Å²) < 4.78 is 58.4. The van der Waals surface area contributed by atoms with Crippen molar-refractivity contribution in [2.24, 2.45) is 5.41 Å². The number of aliphatic hydroxyl groups excluding tert-OH is 1. The highest BCUT2D eigenvalue weighted by Gasteiger charge is 2.46. The standard InChI is InChI=1S/C7H14F3NO3S/c1-6(2,3-4-12)5-11-15(13,14)7(8,9)10/h11-12H,3-5H2,1-2H3. The lowest BCUT2D eigenvalue weighted by molar-refractivity contribution is -0.0449. The summed E-state index contributed by atoms with van der Waals surface area (Å²) in [5.74, 6) is 0. The third-order valence-corrected chi connectivity index (χ3v) is 2.97. The molecule has 0 aliphatic rings. The molecule has 2 N–H and O–H groups in total. The van der Waals surface area contributed by atoms with Gasteiger partial charge < -0.3 is 5.11 Å². The molecule has 0 aromatic carbocycles. The normalized spacial score (nSPS) is 14.3. The highest BCUT2D eigenvalue weighted by Crippen LogP contribution is 2.24. The third kappa shape index (κ3) is 4.80. The molecular formula is C7H14F3NO3S. The van der Waals surface area contributed by atoms with Gasteiger partial charge in [-0.3, -0.25) is 0 Å². The first kappa shape index (κ1) is 14.7.